The molecule has 2 nitrogen and oxygen atoms in total. The molecule has 0 aromatic heterocycles. The predicted octanol–water partition coefficient (Wildman–Crippen LogP) is 4.70. The van der Waals surface area contributed by atoms with Gasteiger partial charge in [-0.05, 0) is 51.5 Å². The van der Waals surface area contributed by atoms with Gasteiger partial charge in [0, 0.05) is 6.42 Å². The highest BCUT2D eigenvalue weighted by molar-refractivity contribution is 5.23. The molecule has 0 fully saturated rings. The minimum absolute atomic E-state index is 0.258. The van der Waals surface area contributed by atoms with Crippen LogP contribution in [0, 0.1) is 5.92 Å². The number of hydrogen-bond acceptors (Lipinski definition) is 2. The van der Waals surface area contributed by atoms with Gasteiger partial charge < -0.3 is 10.2 Å². The summed E-state index contributed by atoms with van der Waals surface area (Å²) < 4.78 is 0. The summed E-state index contributed by atoms with van der Waals surface area (Å²) in [5.41, 5.74) is 2.62. The van der Waals surface area contributed by atoms with Gasteiger partial charge in [0.15, 0.2) is 0 Å². The van der Waals surface area contributed by atoms with Gasteiger partial charge in [-0.3, -0.25) is 0 Å². The van der Waals surface area contributed by atoms with Crippen molar-refractivity contribution in [2.24, 2.45) is 5.92 Å². The summed E-state index contributed by atoms with van der Waals surface area (Å²) in [7, 11) is 0. The van der Waals surface area contributed by atoms with Crippen LogP contribution in [0.3, 0.4) is 0 Å². The normalized spacial score (nSPS) is 37.3. The van der Waals surface area contributed by atoms with Crippen molar-refractivity contribution < 1.29 is 10.2 Å². The third-order valence-corrected chi connectivity index (χ3v) is 4.17. The highest BCUT2D eigenvalue weighted by Crippen LogP contribution is 2.24. The first kappa shape index (κ1) is 18.9. The Bertz CT molecular complexity index is 476. The lowest BCUT2D eigenvalue weighted by molar-refractivity contribution is 0.0506. The molecule has 22 heavy (non-hydrogen) atoms. The van der Waals surface area contributed by atoms with E-state index in [9.17, 15) is 10.2 Å². The molecule has 2 N–H and O–H groups in total. The van der Waals surface area contributed by atoms with E-state index in [0.29, 0.717) is 6.42 Å². The molecule has 0 heterocycles. The number of aliphatic hydroxyl groups excluding tert-OH is 1. The second-order valence-corrected chi connectivity index (χ2v) is 7.11. The summed E-state index contributed by atoms with van der Waals surface area (Å²) in [6.45, 7) is 10.2. The van der Waals surface area contributed by atoms with Crippen molar-refractivity contribution in [3.8, 4) is 0 Å². The third kappa shape index (κ3) is 6.76. The minimum Gasteiger partial charge on any atom is -0.389 e. The van der Waals surface area contributed by atoms with E-state index in [1.165, 1.54) is 11.1 Å². The van der Waals surface area contributed by atoms with Gasteiger partial charge in [0.25, 0.3) is 0 Å². The molecular formula is C20H32O2. The molecule has 1 aliphatic rings. The molecule has 1 rings (SSSR count). The van der Waals surface area contributed by atoms with Crippen molar-refractivity contribution in [3.63, 3.8) is 0 Å². The van der Waals surface area contributed by atoms with Gasteiger partial charge in [-0.1, -0.05) is 55.4 Å². The number of rotatable bonds is 1. The van der Waals surface area contributed by atoms with Gasteiger partial charge in [-0.15, -0.1) is 0 Å². The van der Waals surface area contributed by atoms with Crippen LogP contribution in [0.25, 0.3) is 0 Å². The van der Waals surface area contributed by atoms with Crippen molar-refractivity contribution in [2.45, 2.75) is 72.0 Å². The Hall–Kier alpha value is -1.12. The Morgan fingerprint density at radius 3 is 2.50 bits per heavy atom. The molecule has 0 saturated carbocycles. The summed E-state index contributed by atoms with van der Waals surface area (Å²) >= 11 is 0. The Kier molecular flexibility index (Phi) is 7.31. The van der Waals surface area contributed by atoms with Crippen LogP contribution in [-0.2, 0) is 0 Å². The van der Waals surface area contributed by atoms with Gasteiger partial charge in [0.05, 0.1) is 11.7 Å². The first-order valence-corrected chi connectivity index (χ1v) is 8.32. The lowest BCUT2D eigenvalue weighted by Gasteiger charge is -2.26. The fraction of sp³-hybridized carbons (Fsp3) is 0.600. The minimum atomic E-state index is -0.990. The molecule has 0 aliphatic heterocycles. The smallest absolute Gasteiger partial charge is 0.0827 e. The van der Waals surface area contributed by atoms with E-state index in [-0.39, 0.29) is 5.92 Å². The van der Waals surface area contributed by atoms with E-state index in [0.717, 1.165) is 24.8 Å². The monoisotopic (exact) mass is 304 g/mol. The number of allylic oxidation sites excluding steroid dienone is 6. The van der Waals surface area contributed by atoms with E-state index in [4.69, 9.17) is 0 Å². The fourth-order valence-electron chi connectivity index (χ4n) is 2.72. The molecular weight excluding hydrogens is 272 g/mol. The fourth-order valence-corrected chi connectivity index (χ4v) is 2.72. The van der Waals surface area contributed by atoms with E-state index in [1.54, 1.807) is 6.92 Å². The molecule has 0 aromatic carbocycles. The molecule has 0 saturated heterocycles. The maximum Gasteiger partial charge on any atom is 0.0827 e. The largest absolute Gasteiger partial charge is 0.389 e. The average molecular weight is 304 g/mol. The van der Waals surface area contributed by atoms with Crippen LogP contribution in [0.1, 0.15) is 60.3 Å². The predicted molar refractivity (Wildman–Crippen MR) is 94.7 cm³/mol. The summed E-state index contributed by atoms with van der Waals surface area (Å²) in [5, 5.41) is 21.0. The van der Waals surface area contributed by atoms with E-state index < -0.39 is 11.7 Å². The van der Waals surface area contributed by atoms with Crippen LogP contribution >= 0.6 is 0 Å². The Balaban J connectivity index is 3.10. The van der Waals surface area contributed by atoms with Crippen LogP contribution in [0.5, 0.6) is 0 Å². The number of aliphatic hydroxyl groups is 2. The van der Waals surface area contributed by atoms with Crippen LogP contribution < -0.4 is 0 Å². The van der Waals surface area contributed by atoms with Crippen molar-refractivity contribution in [1.82, 2.24) is 0 Å². The molecule has 2 heteroatoms. The first-order valence-electron chi connectivity index (χ1n) is 8.32. The molecule has 0 radical (unpaired) electrons. The maximum atomic E-state index is 10.5. The van der Waals surface area contributed by atoms with E-state index in [1.807, 2.05) is 18.2 Å². The standard InChI is InChI=1S/C20H32O2/c1-15(2)18-12-11-17(4)9-6-8-16(3)10-7-13-20(5,22)14-19(18)21/h7-8,11-13,15,19,21-22H,6,9-10,14H2,1-5H3/b13-7+,16-8+,17-11+,18-12-/t19-,20+/m0/s1. The van der Waals surface area contributed by atoms with E-state index in [2.05, 4.69) is 39.8 Å². The van der Waals surface area contributed by atoms with Crippen molar-refractivity contribution in [1.29, 1.82) is 0 Å². The van der Waals surface area contributed by atoms with E-state index >= 15 is 0 Å². The second kappa shape index (κ2) is 8.50. The Labute approximate surface area is 135 Å². The Morgan fingerprint density at radius 1 is 1.18 bits per heavy atom. The molecule has 2 atom stereocenters. The van der Waals surface area contributed by atoms with Crippen LogP contribution in [0.15, 0.2) is 47.1 Å². The van der Waals surface area contributed by atoms with Crippen LogP contribution in [0.2, 0.25) is 0 Å². The topological polar surface area (TPSA) is 40.5 Å². The van der Waals surface area contributed by atoms with Gasteiger partial charge >= 0.3 is 0 Å². The molecule has 0 bridgehead atoms. The molecule has 1 aliphatic carbocycles. The lowest BCUT2D eigenvalue weighted by Crippen LogP contribution is -2.30. The summed E-state index contributed by atoms with van der Waals surface area (Å²) in [6, 6.07) is 0. The molecule has 0 aromatic rings. The summed E-state index contributed by atoms with van der Waals surface area (Å²) in [4.78, 5) is 0. The van der Waals surface area contributed by atoms with Crippen LogP contribution in [-0.4, -0.2) is 21.9 Å². The lowest BCUT2D eigenvalue weighted by atomic mass is 9.88. The SMILES string of the molecule is C/C1=C\CC/C(C)=C/C=C(/C(C)C)[C@@H](O)C[C@](C)(O)/C=C/C1. The quantitative estimate of drug-likeness (QED) is 0.689. The molecule has 0 spiro atoms. The van der Waals surface area contributed by atoms with Crippen molar-refractivity contribution in [3.05, 3.63) is 47.1 Å². The average Bonchev–Trinajstić information content (AvgIpc) is 2.36. The third-order valence-electron chi connectivity index (χ3n) is 4.17. The summed E-state index contributed by atoms with van der Waals surface area (Å²) in [5.74, 6) is 0.258. The molecule has 0 unspecified atom stereocenters. The Morgan fingerprint density at radius 2 is 1.86 bits per heavy atom. The number of hydrogen-bond donors (Lipinski definition) is 2. The summed E-state index contributed by atoms with van der Waals surface area (Å²) in [6.07, 6.45) is 12.9. The highest BCUT2D eigenvalue weighted by atomic mass is 16.3. The highest BCUT2D eigenvalue weighted by Gasteiger charge is 2.24. The van der Waals surface area contributed by atoms with Gasteiger partial charge in [0.1, 0.15) is 0 Å². The van der Waals surface area contributed by atoms with Crippen LogP contribution in [0.4, 0.5) is 0 Å². The first-order chi connectivity index (χ1) is 10.2. The van der Waals surface area contributed by atoms with Crippen molar-refractivity contribution in [2.75, 3.05) is 0 Å². The second-order valence-electron chi connectivity index (χ2n) is 7.11. The molecule has 0 amide bonds. The van der Waals surface area contributed by atoms with Crippen molar-refractivity contribution >= 4 is 0 Å². The molecule has 124 valence electrons. The zero-order valence-corrected chi connectivity index (χ0v) is 14.8. The van der Waals surface area contributed by atoms with Gasteiger partial charge in [-0.25, -0.2) is 0 Å². The zero-order chi connectivity index (χ0) is 16.8. The maximum absolute atomic E-state index is 10.5. The van der Waals surface area contributed by atoms with Gasteiger partial charge in [0.2, 0.25) is 0 Å². The zero-order valence-electron chi connectivity index (χ0n) is 14.8. The van der Waals surface area contributed by atoms with Gasteiger partial charge in [-0.2, -0.15) is 0 Å².